The van der Waals surface area contributed by atoms with Gasteiger partial charge in [0, 0.05) is 38.3 Å². The Bertz CT molecular complexity index is 641. The molecule has 158 valence electrons. The van der Waals surface area contributed by atoms with Gasteiger partial charge in [0.05, 0.1) is 7.11 Å². The Morgan fingerprint density at radius 1 is 1.32 bits per heavy atom. The van der Waals surface area contributed by atoms with Gasteiger partial charge in [0.15, 0.2) is 5.96 Å². The molecule has 1 aliphatic heterocycles. The maximum absolute atomic E-state index is 12.7. The highest BCUT2D eigenvalue weighted by atomic mass is 19.3. The van der Waals surface area contributed by atoms with Crippen molar-refractivity contribution in [2.75, 3.05) is 33.8 Å². The molecule has 0 saturated carbocycles. The third kappa shape index (κ3) is 6.82. The van der Waals surface area contributed by atoms with Crippen molar-refractivity contribution in [3.05, 3.63) is 23.8 Å². The normalized spacial score (nSPS) is 18.0. The third-order valence-electron chi connectivity index (χ3n) is 4.76. The number of hydrogen-bond donors (Lipinski definition) is 2. The standard InChI is InChI=1S/C20H32F2N4O2/c1-14(2)13-26-9-5-6-16(26)12-25-20(23-3)24-11-15-10-17(27-4)7-8-18(15)28-19(21)22/h7-8,10,14,16,19H,5-6,9,11-13H2,1-4H3,(H2,23,24,25)/t16-/m1/s1. The first-order valence-electron chi connectivity index (χ1n) is 9.73. The number of rotatable bonds is 9. The molecule has 0 spiro atoms. The molecular weight excluding hydrogens is 366 g/mol. The molecule has 1 aromatic rings. The Kier molecular flexibility index (Phi) is 8.76. The highest BCUT2D eigenvalue weighted by Gasteiger charge is 2.24. The molecular formula is C20H32F2N4O2. The van der Waals surface area contributed by atoms with Crippen LogP contribution in [0.2, 0.25) is 0 Å². The van der Waals surface area contributed by atoms with Crippen LogP contribution in [0, 0.1) is 5.92 Å². The number of aliphatic imine (C=N–C) groups is 1. The summed E-state index contributed by atoms with van der Waals surface area (Å²) in [6.07, 6.45) is 2.38. The van der Waals surface area contributed by atoms with Crippen LogP contribution in [0.1, 0.15) is 32.3 Å². The second-order valence-electron chi connectivity index (χ2n) is 7.34. The van der Waals surface area contributed by atoms with Crippen LogP contribution in [-0.2, 0) is 6.54 Å². The summed E-state index contributed by atoms with van der Waals surface area (Å²) >= 11 is 0. The summed E-state index contributed by atoms with van der Waals surface area (Å²) in [6, 6.07) is 5.24. The van der Waals surface area contributed by atoms with Gasteiger partial charge in [0.25, 0.3) is 0 Å². The molecule has 0 aromatic heterocycles. The number of halogens is 2. The molecule has 6 nitrogen and oxygen atoms in total. The van der Waals surface area contributed by atoms with Gasteiger partial charge in [-0.2, -0.15) is 8.78 Å². The van der Waals surface area contributed by atoms with Crippen molar-refractivity contribution in [2.45, 2.75) is 45.9 Å². The zero-order valence-electron chi connectivity index (χ0n) is 17.2. The summed E-state index contributed by atoms with van der Waals surface area (Å²) < 4.78 is 35.1. The Labute approximate surface area is 166 Å². The topological polar surface area (TPSA) is 58.1 Å². The van der Waals surface area contributed by atoms with E-state index in [1.807, 2.05) is 0 Å². The summed E-state index contributed by atoms with van der Waals surface area (Å²) in [6.45, 7) is 4.90. The molecule has 8 heteroatoms. The molecule has 28 heavy (non-hydrogen) atoms. The summed E-state index contributed by atoms with van der Waals surface area (Å²) in [5.74, 6) is 1.97. The van der Waals surface area contributed by atoms with Gasteiger partial charge in [0.2, 0.25) is 0 Å². The lowest BCUT2D eigenvalue weighted by Crippen LogP contribution is -2.45. The SMILES string of the molecule is CN=C(NCc1cc(OC)ccc1OC(F)F)NC[C@H]1CCCN1CC(C)C. The number of ether oxygens (including phenoxy) is 2. The van der Waals surface area contributed by atoms with Gasteiger partial charge in [-0.25, -0.2) is 0 Å². The van der Waals surface area contributed by atoms with E-state index in [2.05, 4.69) is 39.1 Å². The Morgan fingerprint density at radius 2 is 2.11 bits per heavy atom. The highest BCUT2D eigenvalue weighted by Crippen LogP contribution is 2.25. The number of nitrogens with one attached hydrogen (secondary N) is 2. The quantitative estimate of drug-likeness (QED) is 0.495. The van der Waals surface area contributed by atoms with Gasteiger partial charge in [-0.1, -0.05) is 13.8 Å². The summed E-state index contributed by atoms with van der Waals surface area (Å²) in [5.41, 5.74) is 0.574. The molecule has 1 saturated heterocycles. The zero-order chi connectivity index (χ0) is 20.5. The fraction of sp³-hybridized carbons (Fsp3) is 0.650. The first kappa shape index (κ1) is 22.2. The molecule has 2 N–H and O–H groups in total. The number of alkyl halides is 2. The number of nitrogens with zero attached hydrogens (tertiary/aromatic N) is 2. The predicted molar refractivity (Wildman–Crippen MR) is 107 cm³/mol. The van der Waals surface area contributed by atoms with E-state index < -0.39 is 6.61 Å². The molecule has 1 aliphatic rings. The summed E-state index contributed by atoms with van der Waals surface area (Å²) in [7, 11) is 3.23. The Hall–Kier alpha value is -2.09. The molecule has 0 radical (unpaired) electrons. The average molecular weight is 398 g/mol. The predicted octanol–water partition coefficient (Wildman–Crippen LogP) is 3.08. The number of benzene rings is 1. The van der Waals surface area contributed by atoms with Crippen molar-refractivity contribution in [1.29, 1.82) is 0 Å². The molecule has 0 unspecified atom stereocenters. The van der Waals surface area contributed by atoms with Crippen LogP contribution in [0.3, 0.4) is 0 Å². The molecule has 1 atom stereocenters. The molecule has 1 fully saturated rings. The summed E-state index contributed by atoms with van der Waals surface area (Å²) in [4.78, 5) is 6.75. The van der Waals surface area contributed by atoms with Crippen molar-refractivity contribution >= 4 is 5.96 Å². The van der Waals surface area contributed by atoms with Gasteiger partial charge in [0.1, 0.15) is 11.5 Å². The van der Waals surface area contributed by atoms with Crippen LogP contribution in [0.15, 0.2) is 23.2 Å². The van der Waals surface area contributed by atoms with Crippen LogP contribution in [0.4, 0.5) is 8.78 Å². The first-order valence-corrected chi connectivity index (χ1v) is 9.73. The number of methoxy groups -OCH3 is 1. The van der Waals surface area contributed by atoms with Crippen molar-refractivity contribution in [2.24, 2.45) is 10.9 Å². The number of hydrogen-bond acceptors (Lipinski definition) is 4. The van der Waals surface area contributed by atoms with Crippen molar-refractivity contribution < 1.29 is 18.3 Å². The Morgan fingerprint density at radius 3 is 2.75 bits per heavy atom. The average Bonchev–Trinajstić information content (AvgIpc) is 3.08. The number of likely N-dealkylation sites (tertiary alicyclic amines) is 1. The van der Waals surface area contributed by atoms with Crippen LogP contribution >= 0.6 is 0 Å². The van der Waals surface area contributed by atoms with Gasteiger partial charge < -0.3 is 20.1 Å². The fourth-order valence-corrected chi connectivity index (χ4v) is 3.48. The van der Waals surface area contributed by atoms with Crippen molar-refractivity contribution in [3.63, 3.8) is 0 Å². The number of guanidine groups is 1. The molecule has 1 aromatic carbocycles. The highest BCUT2D eigenvalue weighted by molar-refractivity contribution is 5.79. The Balaban J connectivity index is 1.93. The molecule has 2 rings (SSSR count). The van der Waals surface area contributed by atoms with E-state index in [1.54, 1.807) is 19.2 Å². The largest absolute Gasteiger partial charge is 0.497 e. The van der Waals surface area contributed by atoms with Crippen LogP contribution in [-0.4, -0.2) is 57.3 Å². The van der Waals surface area contributed by atoms with Gasteiger partial charge in [-0.05, 0) is 43.5 Å². The smallest absolute Gasteiger partial charge is 0.387 e. The zero-order valence-corrected chi connectivity index (χ0v) is 17.2. The van der Waals surface area contributed by atoms with E-state index in [9.17, 15) is 8.78 Å². The van der Waals surface area contributed by atoms with Crippen molar-refractivity contribution in [3.8, 4) is 11.5 Å². The minimum Gasteiger partial charge on any atom is -0.497 e. The van der Waals surface area contributed by atoms with Crippen LogP contribution < -0.4 is 20.1 Å². The van der Waals surface area contributed by atoms with Gasteiger partial charge in [-0.3, -0.25) is 9.89 Å². The van der Waals surface area contributed by atoms with E-state index >= 15 is 0 Å². The van der Waals surface area contributed by atoms with Crippen LogP contribution in [0.5, 0.6) is 11.5 Å². The lowest BCUT2D eigenvalue weighted by molar-refractivity contribution is -0.0504. The van der Waals surface area contributed by atoms with E-state index in [0.29, 0.717) is 35.8 Å². The molecule has 0 aliphatic carbocycles. The van der Waals surface area contributed by atoms with Gasteiger partial charge in [-0.15, -0.1) is 0 Å². The third-order valence-corrected chi connectivity index (χ3v) is 4.76. The van der Waals surface area contributed by atoms with E-state index in [1.165, 1.54) is 26.0 Å². The molecule has 0 amide bonds. The maximum Gasteiger partial charge on any atom is 0.387 e. The lowest BCUT2D eigenvalue weighted by atomic mass is 10.1. The fourth-order valence-electron chi connectivity index (χ4n) is 3.48. The van der Waals surface area contributed by atoms with E-state index in [0.717, 1.165) is 19.6 Å². The minimum absolute atomic E-state index is 0.123. The van der Waals surface area contributed by atoms with Crippen LogP contribution in [0.25, 0.3) is 0 Å². The maximum atomic E-state index is 12.7. The second-order valence-corrected chi connectivity index (χ2v) is 7.34. The first-order chi connectivity index (χ1) is 13.4. The molecule has 0 bridgehead atoms. The monoisotopic (exact) mass is 398 g/mol. The van der Waals surface area contributed by atoms with E-state index in [-0.39, 0.29) is 5.75 Å². The van der Waals surface area contributed by atoms with Gasteiger partial charge >= 0.3 is 6.61 Å². The van der Waals surface area contributed by atoms with E-state index in [4.69, 9.17) is 4.74 Å². The lowest BCUT2D eigenvalue weighted by Gasteiger charge is -2.27. The second kappa shape index (κ2) is 11.0. The van der Waals surface area contributed by atoms with Crippen molar-refractivity contribution in [1.82, 2.24) is 15.5 Å². The summed E-state index contributed by atoms with van der Waals surface area (Å²) in [5, 5.41) is 6.52. The minimum atomic E-state index is -2.88. The molecule has 1 heterocycles.